The van der Waals surface area contributed by atoms with Crippen LogP contribution < -0.4 is 5.73 Å². The zero-order valence-electron chi connectivity index (χ0n) is 8.13. The first-order valence-corrected chi connectivity index (χ1v) is 4.12. The Balaban J connectivity index is 3.40. The molecule has 3 heteroatoms. The van der Waals surface area contributed by atoms with E-state index in [1.54, 1.807) is 6.20 Å². The molecule has 0 radical (unpaired) electrons. The highest BCUT2D eigenvalue weighted by Crippen LogP contribution is 2.27. The minimum atomic E-state index is -0.0673. The van der Waals surface area contributed by atoms with E-state index >= 15 is 0 Å². The number of rotatable bonds is 0. The monoisotopic (exact) mass is 175 g/mol. The molecule has 3 nitrogen and oxygen atoms in total. The smallest absolute Gasteiger partial charge is 0.141 e. The lowest BCUT2D eigenvalue weighted by molar-refractivity contribution is 0.588. The highest BCUT2D eigenvalue weighted by molar-refractivity contribution is 5.54. The number of nitrogens with zero attached hydrogens (tertiary/aromatic N) is 2. The Kier molecular flexibility index (Phi) is 2.24. The number of pyridine rings is 1. The number of anilines is 1. The third-order valence-corrected chi connectivity index (χ3v) is 1.90. The van der Waals surface area contributed by atoms with Crippen LogP contribution in [0.2, 0.25) is 0 Å². The first-order valence-electron chi connectivity index (χ1n) is 4.12. The summed E-state index contributed by atoms with van der Waals surface area (Å²) < 4.78 is 0. The summed E-state index contributed by atoms with van der Waals surface area (Å²) in [4.78, 5) is 3.88. The molecule has 0 bridgehead atoms. The molecular weight excluding hydrogens is 162 g/mol. The van der Waals surface area contributed by atoms with Gasteiger partial charge in [-0.05, 0) is 17.0 Å². The molecule has 0 atom stereocenters. The van der Waals surface area contributed by atoms with Gasteiger partial charge in [0.05, 0.1) is 5.56 Å². The summed E-state index contributed by atoms with van der Waals surface area (Å²) in [6.07, 6.45) is 1.64. The lowest BCUT2D eigenvalue weighted by Gasteiger charge is -2.20. The fourth-order valence-electron chi connectivity index (χ4n) is 1.22. The zero-order chi connectivity index (χ0) is 10.1. The van der Waals surface area contributed by atoms with Gasteiger partial charge in [-0.1, -0.05) is 20.8 Å². The number of aromatic nitrogens is 1. The van der Waals surface area contributed by atoms with E-state index in [1.807, 2.05) is 26.8 Å². The number of hydrogen-bond donors (Lipinski definition) is 1. The Bertz CT molecular complexity index is 355. The molecule has 0 unspecified atom stereocenters. The Morgan fingerprint density at radius 2 is 2.08 bits per heavy atom. The molecule has 0 aromatic carbocycles. The first kappa shape index (κ1) is 9.53. The molecule has 68 valence electrons. The van der Waals surface area contributed by atoms with Crippen molar-refractivity contribution in [1.29, 1.82) is 5.26 Å². The van der Waals surface area contributed by atoms with Crippen molar-refractivity contribution in [2.24, 2.45) is 0 Å². The highest BCUT2D eigenvalue weighted by atomic mass is 14.8. The maximum Gasteiger partial charge on any atom is 0.141 e. The molecule has 0 amide bonds. The second-order valence-electron chi connectivity index (χ2n) is 3.98. The van der Waals surface area contributed by atoms with Gasteiger partial charge in [0.2, 0.25) is 0 Å². The summed E-state index contributed by atoms with van der Waals surface area (Å²) in [5.74, 6) is 0.315. The van der Waals surface area contributed by atoms with E-state index in [-0.39, 0.29) is 5.41 Å². The molecule has 13 heavy (non-hydrogen) atoms. The molecule has 1 rings (SSSR count). The van der Waals surface area contributed by atoms with Gasteiger partial charge in [0.1, 0.15) is 11.9 Å². The molecule has 1 aromatic rings. The molecule has 0 saturated heterocycles. The topological polar surface area (TPSA) is 62.7 Å². The third kappa shape index (κ3) is 1.78. The second kappa shape index (κ2) is 3.06. The van der Waals surface area contributed by atoms with Crippen molar-refractivity contribution in [2.75, 3.05) is 5.73 Å². The predicted molar refractivity (Wildman–Crippen MR) is 52.1 cm³/mol. The molecule has 2 N–H and O–H groups in total. The average molecular weight is 175 g/mol. The van der Waals surface area contributed by atoms with Crippen molar-refractivity contribution in [3.05, 3.63) is 23.4 Å². The molecule has 1 aromatic heterocycles. The lowest BCUT2D eigenvalue weighted by Crippen LogP contribution is -2.14. The molecule has 0 aliphatic carbocycles. The van der Waals surface area contributed by atoms with Crippen LogP contribution in [0.15, 0.2) is 12.3 Å². The van der Waals surface area contributed by atoms with Crippen LogP contribution in [0.5, 0.6) is 0 Å². The fraction of sp³-hybridized carbons (Fsp3) is 0.400. The normalized spacial score (nSPS) is 10.9. The van der Waals surface area contributed by atoms with E-state index in [4.69, 9.17) is 11.0 Å². The van der Waals surface area contributed by atoms with Gasteiger partial charge >= 0.3 is 0 Å². The van der Waals surface area contributed by atoms with Gasteiger partial charge in [-0.2, -0.15) is 5.26 Å². The Morgan fingerprint density at radius 3 is 2.46 bits per heavy atom. The van der Waals surface area contributed by atoms with Crippen LogP contribution in [0, 0.1) is 11.3 Å². The summed E-state index contributed by atoms with van der Waals surface area (Å²) in [6.45, 7) is 6.13. The van der Waals surface area contributed by atoms with Crippen LogP contribution >= 0.6 is 0 Å². The Morgan fingerprint density at radius 1 is 1.46 bits per heavy atom. The van der Waals surface area contributed by atoms with E-state index in [2.05, 4.69) is 11.1 Å². The van der Waals surface area contributed by atoms with Gasteiger partial charge in [-0.15, -0.1) is 0 Å². The zero-order valence-corrected chi connectivity index (χ0v) is 8.13. The SMILES string of the molecule is CC(C)(C)c1ccnc(N)c1C#N. The standard InChI is InChI=1S/C10H13N3/c1-10(2,3)8-4-5-13-9(12)7(8)6-11/h4-5H,1-3H3,(H2,12,13). The largest absolute Gasteiger partial charge is 0.383 e. The fourth-order valence-corrected chi connectivity index (χ4v) is 1.22. The van der Waals surface area contributed by atoms with Crippen molar-refractivity contribution in [1.82, 2.24) is 4.98 Å². The van der Waals surface area contributed by atoms with Crippen molar-refractivity contribution in [3.8, 4) is 6.07 Å². The summed E-state index contributed by atoms with van der Waals surface area (Å²) in [6, 6.07) is 3.93. The minimum Gasteiger partial charge on any atom is -0.383 e. The summed E-state index contributed by atoms with van der Waals surface area (Å²) in [5.41, 5.74) is 6.97. The molecule has 1 heterocycles. The highest BCUT2D eigenvalue weighted by Gasteiger charge is 2.19. The van der Waals surface area contributed by atoms with Crippen LogP contribution in [-0.2, 0) is 5.41 Å². The van der Waals surface area contributed by atoms with E-state index in [0.717, 1.165) is 5.56 Å². The molecule has 0 saturated carbocycles. The number of nitrogen functional groups attached to an aromatic ring is 1. The van der Waals surface area contributed by atoms with Crippen LogP contribution in [0.3, 0.4) is 0 Å². The van der Waals surface area contributed by atoms with E-state index in [0.29, 0.717) is 11.4 Å². The predicted octanol–water partition coefficient (Wildman–Crippen LogP) is 1.83. The van der Waals surface area contributed by atoms with Crippen LogP contribution in [0.1, 0.15) is 31.9 Å². The summed E-state index contributed by atoms with van der Waals surface area (Å²) in [5, 5.41) is 8.89. The first-order chi connectivity index (χ1) is 5.96. The van der Waals surface area contributed by atoms with Gasteiger partial charge in [-0.3, -0.25) is 0 Å². The van der Waals surface area contributed by atoms with E-state index in [1.165, 1.54) is 0 Å². The van der Waals surface area contributed by atoms with Crippen LogP contribution in [0.25, 0.3) is 0 Å². The van der Waals surface area contributed by atoms with Gasteiger partial charge in [0.15, 0.2) is 0 Å². The maximum absolute atomic E-state index is 8.89. The molecule has 0 aliphatic rings. The van der Waals surface area contributed by atoms with Crippen molar-refractivity contribution in [3.63, 3.8) is 0 Å². The van der Waals surface area contributed by atoms with Crippen LogP contribution in [-0.4, -0.2) is 4.98 Å². The van der Waals surface area contributed by atoms with E-state index < -0.39 is 0 Å². The third-order valence-electron chi connectivity index (χ3n) is 1.90. The van der Waals surface area contributed by atoms with Gasteiger partial charge in [0.25, 0.3) is 0 Å². The Labute approximate surface area is 78.2 Å². The summed E-state index contributed by atoms with van der Waals surface area (Å²) >= 11 is 0. The van der Waals surface area contributed by atoms with Crippen molar-refractivity contribution in [2.45, 2.75) is 26.2 Å². The molecule has 0 spiro atoms. The number of nitrogens with two attached hydrogens (primary N) is 1. The number of nitriles is 1. The second-order valence-corrected chi connectivity index (χ2v) is 3.98. The maximum atomic E-state index is 8.89. The van der Waals surface area contributed by atoms with E-state index in [9.17, 15) is 0 Å². The van der Waals surface area contributed by atoms with Crippen molar-refractivity contribution >= 4 is 5.82 Å². The Hall–Kier alpha value is -1.56. The van der Waals surface area contributed by atoms with Gasteiger partial charge in [-0.25, -0.2) is 4.98 Å². The van der Waals surface area contributed by atoms with Gasteiger partial charge < -0.3 is 5.73 Å². The minimum absolute atomic E-state index is 0.0673. The molecular formula is C10H13N3. The average Bonchev–Trinajstić information content (AvgIpc) is 2.02. The summed E-state index contributed by atoms with van der Waals surface area (Å²) in [7, 11) is 0. The molecule has 0 fully saturated rings. The van der Waals surface area contributed by atoms with Crippen LogP contribution in [0.4, 0.5) is 5.82 Å². The van der Waals surface area contributed by atoms with Crippen molar-refractivity contribution < 1.29 is 0 Å². The lowest BCUT2D eigenvalue weighted by atomic mass is 9.85. The molecule has 0 aliphatic heterocycles. The number of hydrogen-bond acceptors (Lipinski definition) is 3. The van der Waals surface area contributed by atoms with Gasteiger partial charge in [0, 0.05) is 6.20 Å². The quantitative estimate of drug-likeness (QED) is 0.654.